The molecule has 0 aromatic heterocycles. The van der Waals surface area contributed by atoms with E-state index in [2.05, 4.69) is 95.2 Å². The first-order valence-electron chi connectivity index (χ1n) is 17.6. The molecule has 0 saturated carbocycles. The van der Waals surface area contributed by atoms with E-state index in [9.17, 15) is 4.79 Å². The molecule has 0 fully saturated rings. The number of benzene rings is 4. The number of hydrogen-bond donors (Lipinski definition) is 2. The summed E-state index contributed by atoms with van der Waals surface area (Å²) in [7, 11) is 4.26. The zero-order valence-corrected chi connectivity index (χ0v) is 33.5. The van der Waals surface area contributed by atoms with Crippen LogP contribution in [0.15, 0.2) is 120 Å². The van der Waals surface area contributed by atoms with E-state index < -0.39 is 13.1 Å². The zero-order valence-electron chi connectivity index (χ0n) is 32.6. The van der Waals surface area contributed by atoms with Crippen molar-refractivity contribution in [2.45, 2.75) is 60.2 Å². The molecule has 0 unspecified atom stereocenters. The van der Waals surface area contributed by atoms with E-state index in [0.717, 1.165) is 38.7 Å². The summed E-state index contributed by atoms with van der Waals surface area (Å²) < 4.78 is 22.4. The van der Waals surface area contributed by atoms with Crippen LogP contribution in [0.5, 0.6) is 17.2 Å². The molecule has 4 rings (SSSR count). The van der Waals surface area contributed by atoms with Crippen molar-refractivity contribution in [3.63, 3.8) is 0 Å². The summed E-state index contributed by atoms with van der Waals surface area (Å²) >= 11 is 0. The lowest BCUT2D eigenvalue weighted by Crippen LogP contribution is -2.54. The Balaban J connectivity index is 1.76. The molecular weight excluding hydrogens is 667 g/mol. The van der Waals surface area contributed by atoms with Crippen LogP contribution in [-0.4, -0.2) is 57.8 Å². The minimum atomic E-state index is -2.62. The van der Waals surface area contributed by atoms with Crippen LogP contribution in [0.4, 0.5) is 0 Å². The average Bonchev–Trinajstić information content (AvgIpc) is 3.13. The molecule has 0 spiro atoms. The Morgan fingerprint density at radius 2 is 1.12 bits per heavy atom. The first-order valence-corrected chi connectivity index (χ1v) is 19.4. The van der Waals surface area contributed by atoms with Gasteiger partial charge in [-0.2, -0.15) is 0 Å². The van der Waals surface area contributed by atoms with E-state index >= 15 is 0 Å². The van der Waals surface area contributed by atoms with Gasteiger partial charge in [0.15, 0.2) is 0 Å². The molecule has 4 aromatic carbocycles. The molecular formula is C43H57N4O4P. The summed E-state index contributed by atoms with van der Waals surface area (Å²) in [4.78, 5) is 15.7. The highest BCUT2D eigenvalue weighted by Crippen LogP contribution is 2.47. The lowest BCUT2D eigenvalue weighted by molar-refractivity contribution is -0.135. The molecule has 0 aliphatic rings. The number of ether oxygens (including phenoxy) is 3. The molecule has 8 nitrogen and oxygen atoms in total. The third kappa shape index (κ3) is 9.80. The number of nitrogens with zero attached hydrogens (tertiary/aromatic N) is 2. The number of carbonyl (C=O) groups excluding carboxylic acids is 1. The van der Waals surface area contributed by atoms with Crippen LogP contribution in [0.1, 0.15) is 47.1 Å². The smallest absolute Gasteiger partial charge is 0.245 e. The van der Waals surface area contributed by atoms with Crippen molar-refractivity contribution in [2.24, 2.45) is 15.6 Å². The lowest BCUT2D eigenvalue weighted by atomic mass is 9.85. The average molecular weight is 725 g/mol. The van der Waals surface area contributed by atoms with Crippen molar-refractivity contribution in [3.8, 4) is 17.2 Å². The van der Waals surface area contributed by atoms with Gasteiger partial charge in [0.2, 0.25) is 5.91 Å². The molecule has 0 aliphatic carbocycles. The predicted octanol–water partition coefficient (Wildman–Crippen LogP) is 7.33. The number of methoxy groups -OCH3 is 3. The molecule has 52 heavy (non-hydrogen) atoms. The maximum atomic E-state index is 13.9. The Kier molecular flexibility index (Phi) is 13.3. The van der Waals surface area contributed by atoms with Crippen molar-refractivity contribution in [3.05, 3.63) is 121 Å². The molecule has 9 heteroatoms. The molecule has 4 aromatic rings. The van der Waals surface area contributed by atoms with Crippen LogP contribution in [0.25, 0.3) is 0 Å². The van der Waals surface area contributed by atoms with Crippen LogP contribution in [0, 0.1) is 10.8 Å². The van der Waals surface area contributed by atoms with E-state index in [1.165, 1.54) is 0 Å². The maximum absolute atomic E-state index is 13.9. The second-order valence-corrected chi connectivity index (χ2v) is 18.3. The summed E-state index contributed by atoms with van der Waals surface area (Å²) in [6.45, 7) is 18.2. The number of amides is 1. The van der Waals surface area contributed by atoms with Crippen LogP contribution < -0.4 is 40.8 Å². The highest BCUT2D eigenvalue weighted by Gasteiger charge is 2.35. The van der Waals surface area contributed by atoms with E-state index in [1.54, 1.807) is 26.2 Å². The van der Waals surface area contributed by atoms with E-state index in [0.29, 0.717) is 18.9 Å². The number of carbonyl (C=O) groups is 1. The Morgan fingerprint density at radius 1 is 0.692 bits per heavy atom. The Bertz CT molecular complexity index is 1690. The van der Waals surface area contributed by atoms with Gasteiger partial charge in [0.25, 0.3) is 0 Å². The van der Waals surface area contributed by atoms with Crippen LogP contribution in [0.3, 0.4) is 0 Å². The Morgan fingerprint density at radius 3 is 1.48 bits per heavy atom. The quantitative estimate of drug-likeness (QED) is 0.125. The molecule has 2 N–H and O–H groups in total. The van der Waals surface area contributed by atoms with Gasteiger partial charge in [0, 0.05) is 29.5 Å². The highest BCUT2D eigenvalue weighted by molar-refractivity contribution is 7.87. The summed E-state index contributed by atoms with van der Waals surface area (Å²) in [6.07, 6.45) is 0. The standard InChI is InChI=1S/C43H57N4O4P/c1-31(46-40(43(5,6)7)41(48)47(8)30-32-15-13-12-14-16-32)45-39(42(2,3)4)29-44-52(36-23-17-33(49-9)18-24-36,37-25-19-34(50-10)20-26-37)38-27-21-35(51-11)22-28-38/h12-28,39-40,45-46H,1,29-30H2,2-11H3/t39-,40+/m0/s1. The number of rotatable bonds is 15. The van der Waals surface area contributed by atoms with Gasteiger partial charge in [-0.3, -0.25) is 9.54 Å². The van der Waals surface area contributed by atoms with Crippen molar-refractivity contribution in [2.75, 3.05) is 34.9 Å². The largest absolute Gasteiger partial charge is 0.497 e. The lowest BCUT2D eigenvalue weighted by Gasteiger charge is -2.38. The fraction of sp³-hybridized carbons (Fsp3) is 0.372. The summed E-state index contributed by atoms with van der Waals surface area (Å²) in [5, 5.41) is 10.4. The van der Waals surface area contributed by atoms with Crippen molar-refractivity contribution >= 4 is 28.9 Å². The Hall–Kier alpha value is -4.68. The summed E-state index contributed by atoms with van der Waals surface area (Å²) in [5.41, 5.74) is 0.468. The molecule has 0 heterocycles. The van der Waals surface area contributed by atoms with Gasteiger partial charge in [-0.25, -0.2) is 0 Å². The summed E-state index contributed by atoms with van der Waals surface area (Å²) in [5.74, 6) is 2.92. The minimum Gasteiger partial charge on any atom is -0.497 e. The van der Waals surface area contributed by atoms with Gasteiger partial charge in [-0.1, -0.05) is 78.5 Å². The van der Waals surface area contributed by atoms with Crippen molar-refractivity contribution < 1.29 is 19.0 Å². The highest BCUT2D eigenvalue weighted by atomic mass is 31.2. The van der Waals surface area contributed by atoms with Gasteiger partial charge in [0.1, 0.15) is 23.3 Å². The molecule has 0 saturated heterocycles. The van der Waals surface area contributed by atoms with Crippen LogP contribution >= 0.6 is 7.05 Å². The maximum Gasteiger partial charge on any atom is 0.245 e. The SMILES string of the molecule is C=C(N[C@@H](CN=P(c1ccc(OC)cc1)(c1ccc(OC)cc1)c1ccc(OC)cc1)C(C)(C)C)N[C@H](C(=O)N(C)Cc1ccccc1)C(C)(C)C. The van der Waals surface area contributed by atoms with E-state index in [1.807, 2.05) is 73.8 Å². The fourth-order valence-electron chi connectivity index (χ4n) is 6.06. The molecule has 0 aliphatic heterocycles. The number of nitrogens with one attached hydrogen (secondary N) is 2. The molecule has 0 bridgehead atoms. The second kappa shape index (κ2) is 17.2. The topological polar surface area (TPSA) is 84.4 Å². The molecule has 2 atom stereocenters. The summed E-state index contributed by atoms with van der Waals surface area (Å²) in [6, 6.07) is 34.1. The van der Waals surface area contributed by atoms with Gasteiger partial charge < -0.3 is 29.7 Å². The first-order chi connectivity index (χ1) is 24.6. The van der Waals surface area contributed by atoms with Crippen molar-refractivity contribution in [1.82, 2.24) is 15.5 Å². The second-order valence-electron chi connectivity index (χ2n) is 15.2. The minimum absolute atomic E-state index is 0.000223. The molecule has 278 valence electrons. The van der Waals surface area contributed by atoms with Gasteiger partial charge >= 0.3 is 0 Å². The van der Waals surface area contributed by atoms with Gasteiger partial charge in [0.05, 0.1) is 46.8 Å². The molecule has 1 amide bonds. The fourth-order valence-corrected chi connectivity index (χ4v) is 9.59. The van der Waals surface area contributed by atoms with Crippen molar-refractivity contribution in [1.29, 1.82) is 0 Å². The Labute approximate surface area is 311 Å². The van der Waals surface area contributed by atoms with E-state index in [-0.39, 0.29) is 22.8 Å². The third-order valence-corrected chi connectivity index (χ3v) is 13.0. The predicted molar refractivity (Wildman–Crippen MR) is 217 cm³/mol. The van der Waals surface area contributed by atoms with Crippen LogP contribution in [-0.2, 0) is 11.3 Å². The molecule has 0 radical (unpaired) electrons. The van der Waals surface area contributed by atoms with Gasteiger partial charge in [-0.15, -0.1) is 0 Å². The zero-order chi connectivity index (χ0) is 38.1. The normalized spacial score (nSPS) is 13.0. The third-order valence-electron chi connectivity index (χ3n) is 9.28. The van der Waals surface area contributed by atoms with E-state index in [4.69, 9.17) is 19.0 Å². The van der Waals surface area contributed by atoms with Crippen LogP contribution in [0.2, 0.25) is 0 Å². The van der Waals surface area contributed by atoms with Gasteiger partial charge in [-0.05, 0) is 89.2 Å². The number of likely N-dealkylation sites (N-methyl/N-ethyl adjacent to an activating group) is 1. The number of hydrogen-bond acceptors (Lipinski definition) is 7. The first kappa shape index (κ1) is 40.1. The monoisotopic (exact) mass is 724 g/mol.